The first-order valence-corrected chi connectivity index (χ1v) is 10.6. The van der Waals surface area contributed by atoms with Crippen molar-refractivity contribution in [3.63, 3.8) is 0 Å². The van der Waals surface area contributed by atoms with Crippen molar-refractivity contribution in [2.45, 2.75) is 65.1 Å². The predicted octanol–water partition coefficient (Wildman–Crippen LogP) is 3.29. The Bertz CT molecular complexity index is 651. The van der Waals surface area contributed by atoms with Crippen LogP contribution in [0, 0.1) is 17.8 Å². The maximum absolute atomic E-state index is 12.8. The number of hydrogen-bond acceptors (Lipinski definition) is 5. The SMILES string of the molecule is CNC(C)Oc1ccc(C[C@H](NC(=O)C2CCC(C(C)C)CC2)C(=O)OC)cc1. The normalized spacial score (nSPS) is 21.3. The molecule has 0 radical (unpaired) electrons. The molecule has 1 saturated carbocycles. The van der Waals surface area contributed by atoms with Gasteiger partial charge in [-0.15, -0.1) is 0 Å². The van der Waals surface area contributed by atoms with Gasteiger partial charge in [0.2, 0.25) is 5.91 Å². The van der Waals surface area contributed by atoms with Crippen molar-refractivity contribution in [2.24, 2.45) is 17.8 Å². The summed E-state index contributed by atoms with van der Waals surface area (Å²) < 4.78 is 10.6. The number of carbonyl (C=O) groups excluding carboxylic acids is 2. The fourth-order valence-electron chi connectivity index (χ4n) is 3.88. The van der Waals surface area contributed by atoms with E-state index in [1.54, 1.807) is 0 Å². The molecule has 0 aromatic heterocycles. The molecule has 2 N–H and O–H groups in total. The van der Waals surface area contributed by atoms with Crippen LogP contribution in [0.3, 0.4) is 0 Å². The molecule has 0 heterocycles. The Kier molecular flexibility index (Phi) is 8.96. The lowest BCUT2D eigenvalue weighted by molar-refractivity contribution is -0.145. The second kappa shape index (κ2) is 11.2. The van der Waals surface area contributed by atoms with Crippen molar-refractivity contribution in [1.82, 2.24) is 10.6 Å². The van der Waals surface area contributed by atoms with Crippen LogP contribution in [-0.4, -0.2) is 38.3 Å². The lowest BCUT2D eigenvalue weighted by Crippen LogP contribution is -2.46. The van der Waals surface area contributed by atoms with Crippen molar-refractivity contribution in [3.8, 4) is 5.75 Å². The summed E-state index contributed by atoms with van der Waals surface area (Å²) in [5.41, 5.74) is 0.939. The third-order valence-corrected chi connectivity index (χ3v) is 5.97. The zero-order valence-electron chi connectivity index (χ0n) is 18.4. The Balaban J connectivity index is 1.95. The fourth-order valence-corrected chi connectivity index (χ4v) is 3.88. The molecule has 0 saturated heterocycles. The van der Waals surface area contributed by atoms with E-state index in [4.69, 9.17) is 9.47 Å². The van der Waals surface area contributed by atoms with Crippen molar-refractivity contribution in [3.05, 3.63) is 29.8 Å². The molecule has 1 amide bonds. The molecular formula is C23H36N2O4. The molecule has 2 atom stereocenters. The second-order valence-electron chi connectivity index (χ2n) is 8.34. The summed E-state index contributed by atoms with van der Waals surface area (Å²) in [6.07, 6.45) is 4.22. The number of methoxy groups -OCH3 is 1. The van der Waals surface area contributed by atoms with Gasteiger partial charge < -0.3 is 14.8 Å². The van der Waals surface area contributed by atoms with Crippen molar-refractivity contribution in [1.29, 1.82) is 0 Å². The van der Waals surface area contributed by atoms with E-state index >= 15 is 0 Å². The smallest absolute Gasteiger partial charge is 0.328 e. The highest BCUT2D eigenvalue weighted by atomic mass is 16.5. The van der Waals surface area contributed by atoms with E-state index in [1.165, 1.54) is 7.11 Å². The van der Waals surface area contributed by atoms with Gasteiger partial charge in [0.15, 0.2) is 0 Å². The Hall–Kier alpha value is -2.08. The van der Waals surface area contributed by atoms with Crippen LogP contribution in [-0.2, 0) is 20.7 Å². The summed E-state index contributed by atoms with van der Waals surface area (Å²) in [4.78, 5) is 25.0. The van der Waals surface area contributed by atoms with Gasteiger partial charge in [-0.25, -0.2) is 4.79 Å². The maximum atomic E-state index is 12.8. The first-order valence-electron chi connectivity index (χ1n) is 10.6. The van der Waals surface area contributed by atoms with Crippen LogP contribution < -0.4 is 15.4 Å². The number of rotatable bonds is 9. The van der Waals surface area contributed by atoms with Gasteiger partial charge in [-0.05, 0) is 69.2 Å². The first-order chi connectivity index (χ1) is 13.8. The van der Waals surface area contributed by atoms with Crippen molar-refractivity contribution in [2.75, 3.05) is 14.2 Å². The Labute approximate surface area is 174 Å². The molecule has 6 nitrogen and oxygen atoms in total. The Morgan fingerprint density at radius 1 is 1.07 bits per heavy atom. The molecule has 1 aliphatic rings. The van der Waals surface area contributed by atoms with Gasteiger partial charge in [-0.2, -0.15) is 0 Å². The van der Waals surface area contributed by atoms with Gasteiger partial charge in [0.1, 0.15) is 18.0 Å². The topological polar surface area (TPSA) is 76.7 Å². The Morgan fingerprint density at radius 3 is 2.21 bits per heavy atom. The molecule has 1 fully saturated rings. The molecule has 2 rings (SSSR count). The van der Waals surface area contributed by atoms with Crippen molar-refractivity contribution < 1.29 is 19.1 Å². The van der Waals surface area contributed by atoms with E-state index in [9.17, 15) is 9.59 Å². The quantitative estimate of drug-likeness (QED) is 0.488. The zero-order chi connectivity index (χ0) is 21.4. The maximum Gasteiger partial charge on any atom is 0.328 e. The number of hydrogen-bond donors (Lipinski definition) is 2. The van der Waals surface area contributed by atoms with Gasteiger partial charge >= 0.3 is 5.97 Å². The highest BCUT2D eigenvalue weighted by Crippen LogP contribution is 2.33. The molecular weight excluding hydrogens is 368 g/mol. The summed E-state index contributed by atoms with van der Waals surface area (Å²) in [6.45, 7) is 6.41. The highest BCUT2D eigenvalue weighted by Gasteiger charge is 2.30. The number of esters is 1. The van der Waals surface area contributed by atoms with Gasteiger partial charge in [0.25, 0.3) is 0 Å². The largest absolute Gasteiger partial charge is 0.476 e. The standard InChI is InChI=1S/C23H36N2O4/c1-15(2)18-8-10-19(11-9-18)22(26)25-21(23(27)28-5)14-17-6-12-20(13-7-17)29-16(3)24-4/h6-7,12-13,15-16,18-19,21,24H,8-11,14H2,1-5H3,(H,25,26)/t16?,18?,19?,21-/m0/s1. The predicted molar refractivity (Wildman–Crippen MR) is 114 cm³/mol. The van der Waals surface area contributed by atoms with Crippen LogP contribution in [0.4, 0.5) is 0 Å². The minimum absolute atomic E-state index is 0.0176. The van der Waals surface area contributed by atoms with Crippen LogP contribution in [0.1, 0.15) is 52.0 Å². The van der Waals surface area contributed by atoms with E-state index in [-0.39, 0.29) is 18.1 Å². The van der Waals surface area contributed by atoms with E-state index in [1.807, 2.05) is 38.2 Å². The van der Waals surface area contributed by atoms with Gasteiger partial charge in [0.05, 0.1) is 7.11 Å². The number of amides is 1. The second-order valence-corrected chi connectivity index (χ2v) is 8.34. The molecule has 1 aliphatic carbocycles. The first kappa shape index (κ1) is 23.2. The molecule has 162 valence electrons. The minimum atomic E-state index is -0.682. The molecule has 1 aromatic rings. The summed E-state index contributed by atoms with van der Waals surface area (Å²) in [5, 5.41) is 5.94. The molecule has 0 aliphatic heterocycles. The average Bonchev–Trinajstić information content (AvgIpc) is 2.73. The van der Waals surface area contributed by atoms with E-state index < -0.39 is 12.0 Å². The van der Waals surface area contributed by atoms with E-state index in [0.29, 0.717) is 18.3 Å². The number of nitrogens with one attached hydrogen (secondary N) is 2. The zero-order valence-corrected chi connectivity index (χ0v) is 18.4. The third-order valence-electron chi connectivity index (χ3n) is 5.97. The van der Waals surface area contributed by atoms with Gasteiger partial charge in [-0.3, -0.25) is 10.1 Å². The monoisotopic (exact) mass is 404 g/mol. The van der Waals surface area contributed by atoms with Crippen LogP contribution in [0.15, 0.2) is 24.3 Å². The van der Waals surface area contributed by atoms with Crippen LogP contribution in [0.5, 0.6) is 5.75 Å². The molecule has 6 heteroatoms. The van der Waals surface area contributed by atoms with E-state index in [2.05, 4.69) is 24.5 Å². The number of ether oxygens (including phenoxy) is 2. The summed E-state index contributed by atoms with van der Waals surface area (Å²) >= 11 is 0. The van der Waals surface area contributed by atoms with Gasteiger partial charge in [-0.1, -0.05) is 26.0 Å². The minimum Gasteiger partial charge on any atom is -0.476 e. The third kappa shape index (κ3) is 7.03. The molecule has 1 unspecified atom stereocenters. The van der Waals surface area contributed by atoms with Crippen LogP contribution >= 0.6 is 0 Å². The van der Waals surface area contributed by atoms with Gasteiger partial charge in [0, 0.05) is 12.3 Å². The molecule has 0 spiro atoms. The fraction of sp³-hybridized carbons (Fsp3) is 0.652. The van der Waals surface area contributed by atoms with Crippen LogP contribution in [0.2, 0.25) is 0 Å². The van der Waals surface area contributed by atoms with E-state index in [0.717, 1.165) is 37.0 Å². The lowest BCUT2D eigenvalue weighted by Gasteiger charge is -2.31. The summed E-state index contributed by atoms with van der Waals surface area (Å²) in [6, 6.07) is 6.87. The van der Waals surface area contributed by atoms with Crippen molar-refractivity contribution >= 4 is 11.9 Å². The highest BCUT2D eigenvalue weighted by molar-refractivity contribution is 5.86. The summed E-state index contributed by atoms with van der Waals surface area (Å²) in [7, 11) is 3.18. The average molecular weight is 405 g/mol. The lowest BCUT2D eigenvalue weighted by atomic mass is 9.76. The van der Waals surface area contributed by atoms with Crippen LogP contribution in [0.25, 0.3) is 0 Å². The molecule has 29 heavy (non-hydrogen) atoms. The molecule has 1 aromatic carbocycles. The Morgan fingerprint density at radius 2 is 1.69 bits per heavy atom. The summed E-state index contributed by atoms with van der Waals surface area (Å²) in [5.74, 6) is 1.63. The number of benzene rings is 1. The molecule has 0 bridgehead atoms. The number of carbonyl (C=O) groups is 2.